The Hall–Kier alpha value is -1.57. The summed E-state index contributed by atoms with van der Waals surface area (Å²) in [6, 6.07) is 7.52. The summed E-state index contributed by atoms with van der Waals surface area (Å²) in [5.41, 5.74) is 1.77. The molecular weight excluding hydrogens is 373 g/mol. The summed E-state index contributed by atoms with van der Waals surface area (Å²) < 4.78 is 13.2. The van der Waals surface area contributed by atoms with Crippen LogP contribution in [-0.4, -0.2) is 11.9 Å². The lowest BCUT2D eigenvalue weighted by molar-refractivity contribution is -0.154. The molecule has 1 amide bonds. The Morgan fingerprint density at radius 3 is 2.80 bits per heavy atom. The number of nitrogens with one attached hydrogen (secondary N) is 1. The number of amides is 1. The highest BCUT2D eigenvalue weighted by Crippen LogP contribution is 2.29. The second kappa shape index (κ2) is 6.25. The highest BCUT2D eigenvalue weighted by Gasteiger charge is 2.27. The second-order valence-electron chi connectivity index (χ2n) is 4.29. The van der Waals surface area contributed by atoms with Crippen LogP contribution in [0.4, 0.5) is 0 Å². The number of fused-ring (bicyclic) bond motifs is 1. The Bertz CT molecular complexity index is 650. The van der Waals surface area contributed by atoms with E-state index in [4.69, 9.17) is 9.15 Å². The number of furan rings is 1. The summed E-state index contributed by atoms with van der Waals surface area (Å²) in [7, 11) is 0. The summed E-state index contributed by atoms with van der Waals surface area (Å²) in [4.78, 5) is 23.0. The van der Waals surface area contributed by atoms with Crippen molar-refractivity contribution in [3.63, 3.8) is 0 Å². The Labute approximate surface area is 130 Å². The number of ether oxygens (including phenoxy) is 1. The van der Waals surface area contributed by atoms with Gasteiger partial charge in [-0.15, -0.1) is 0 Å². The highest BCUT2D eigenvalue weighted by atomic mass is 127. The van der Waals surface area contributed by atoms with E-state index < -0.39 is 18.0 Å². The largest absolute Gasteiger partial charge is 0.456 e. The van der Waals surface area contributed by atoms with Crippen LogP contribution < -0.4 is 3.53 Å². The fourth-order valence-electron chi connectivity index (χ4n) is 2.01. The van der Waals surface area contributed by atoms with Crippen molar-refractivity contribution in [2.45, 2.75) is 26.4 Å². The molecule has 1 aromatic carbocycles. The molecule has 20 heavy (non-hydrogen) atoms. The van der Waals surface area contributed by atoms with Gasteiger partial charge in [-0.05, 0) is 18.1 Å². The van der Waals surface area contributed by atoms with Crippen LogP contribution in [0, 0.1) is 0 Å². The first-order chi connectivity index (χ1) is 9.56. The van der Waals surface area contributed by atoms with E-state index in [1.807, 2.05) is 25.1 Å². The van der Waals surface area contributed by atoms with Gasteiger partial charge in [-0.2, -0.15) is 0 Å². The quantitative estimate of drug-likeness (QED) is 0.498. The molecule has 2 rings (SSSR count). The van der Waals surface area contributed by atoms with E-state index >= 15 is 0 Å². The topological polar surface area (TPSA) is 68.5 Å². The molecule has 0 radical (unpaired) electrons. The molecule has 1 heterocycles. The number of benzene rings is 1. The first-order valence-electron chi connectivity index (χ1n) is 6.15. The number of aryl methyl sites for hydroxylation is 1. The van der Waals surface area contributed by atoms with Crippen molar-refractivity contribution in [2.75, 3.05) is 0 Å². The van der Waals surface area contributed by atoms with E-state index in [1.165, 1.54) is 6.92 Å². The normalized spacial score (nSPS) is 12.2. The van der Waals surface area contributed by atoms with E-state index in [0.29, 0.717) is 5.76 Å². The zero-order chi connectivity index (χ0) is 14.7. The molecular formula is C14H14INO4. The van der Waals surface area contributed by atoms with Crippen molar-refractivity contribution < 1.29 is 18.7 Å². The first-order valence-corrected chi connectivity index (χ1v) is 7.23. The molecule has 6 heteroatoms. The average Bonchev–Trinajstić information content (AvgIpc) is 2.87. The van der Waals surface area contributed by atoms with E-state index in [-0.39, 0.29) is 0 Å². The third-order valence-electron chi connectivity index (χ3n) is 2.90. The highest BCUT2D eigenvalue weighted by molar-refractivity contribution is 14.1. The van der Waals surface area contributed by atoms with Gasteiger partial charge < -0.3 is 9.15 Å². The van der Waals surface area contributed by atoms with Crippen molar-refractivity contribution in [2.24, 2.45) is 0 Å². The lowest BCUT2D eigenvalue weighted by Gasteiger charge is -2.11. The number of halogens is 1. The molecule has 0 unspecified atom stereocenters. The number of carbonyl (C=O) groups excluding carboxylic acids is 2. The van der Waals surface area contributed by atoms with Crippen molar-refractivity contribution in [1.82, 2.24) is 3.53 Å². The van der Waals surface area contributed by atoms with Gasteiger partial charge >= 0.3 is 5.97 Å². The van der Waals surface area contributed by atoms with Crippen LogP contribution in [-0.2, 0) is 20.7 Å². The number of para-hydroxylation sites is 1. The monoisotopic (exact) mass is 387 g/mol. The van der Waals surface area contributed by atoms with Gasteiger partial charge in [0.25, 0.3) is 5.91 Å². The second-order valence-corrected chi connectivity index (χ2v) is 4.83. The molecule has 0 aliphatic heterocycles. The standard InChI is InChI=1S/C14H14INO4/c1-3-9-5-4-6-10-7-11(20-12(9)10)13(14(18)16-15)19-8(2)17/h4-7,13H,3H2,1-2H3,(H,16,18)/t13-/m1/s1. The minimum atomic E-state index is -1.07. The molecule has 1 atom stereocenters. The lowest BCUT2D eigenvalue weighted by Crippen LogP contribution is -2.25. The van der Waals surface area contributed by atoms with Gasteiger partial charge in [0.05, 0.1) is 22.9 Å². The molecule has 0 saturated heterocycles. The first kappa shape index (κ1) is 14.8. The molecule has 2 aromatic rings. The predicted octanol–water partition coefficient (Wildman–Crippen LogP) is 3.07. The van der Waals surface area contributed by atoms with Crippen LogP contribution in [0.3, 0.4) is 0 Å². The van der Waals surface area contributed by atoms with Gasteiger partial charge in [-0.1, -0.05) is 25.1 Å². The smallest absolute Gasteiger partial charge is 0.303 e. The summed E-state index contributed by atoms with van der Waals surface area (Å²) in [5.74, 6) is -0.644. The maximum atomic E-state index is 11.8. The Balaban J connectivity index is 2.48. The number of carbonyl (C=O) groups is 2. The number of hydrogen-bond donors (Lipinski definition) is 1. The van der Waals surface area contributed by atoms with Crippen LogP contribution in [0.5, 0.6) is 0 Å². The summed E-state index contributed by atoms with van der Waals surface area (Å²) in [6.07, 6.45) is -0.248. The van der Waals surface area contributed by atoms with Crippen LogP contribution in [0.25, 0.3) is 11.0 Å². The van der Waals surface area contributed by atoms with E-state index in [0.717, 1.165) is 23.0 Å². The minimum Gasteiger partial charge on any atom is -0.456 e. The maximum Gasteiger partial charge on any atom is 0.303 e. The van der Waals surface area contributed by atoms with Gasteiger partial charge in [0, 0.05) is 12.3 Å². The third-order valence-corrected chi connectivity index (χ3v) is 3.43. The maximum absolute atomic E-state index is 11.8. The molecule has 0 aliphatic rings. The van der Waals surface area contributed by atoms with Gasteiger partial charge in [0.15, 0.2) is 5.76 Å². The molecule has 5 nitrogen and oxygen atoms in total. The number of rotatable bonds is 4. The van der Waals surface area contributed by atoms with Crippen molar-refractivity contribution in [3.8, 4) is 0 Å². The van der Waals surface area contributed by atoms with Gasteiger partial charge in [0.1, 0.15) is 5.58 Å². The molecule has 106 valence electrons. The van der Waals surface area contributed by atoms with Crippen LogP contribution in [0.1, 0.15) is 31.3 Å². The van der Waals surface area contributed by atoms with Crippen LogP contribution in [0.15, 0.2) is 28.7 Å². The molecule has 0 bridgehead atoms. The van der Waals surface area contributed by atoms with Crippen LogP contribution >= 0.6 is 22.9 Å². The van der Waals surface area contributed by atoms with E-state index in [1.54, 1.807) is 28.9 Å². The summed E-state index contributed by atoms with van der Waals surface area (Å²) >= 11 is 1.70. The number of esters is 1. The lowest BCUT2D eigenvalue weighted by atomic mass is 10.1. The third kappa shape index (κ3) is 2.95. The van der Waals surface area contributed by atoms with Crippen molar-refractivity contribution in [1.29, 1.82) is 0 Å². The van der Waals surface area contributed by atoms with Crippen molar-refractivity contribution in [3.05, 3.63) is 35.6 Å². The summed E-state index contributed by atoms with van der Waals surface area (Å²) in [6.45, 7) is 3.28. The SMILES string of the molecule is CCc1cccc2cc([C@@H](OC(C)=O)C(=O)NI)oc12. The Kier molecular flexibility index (Phi) is 4.64. The fraction of sp³-hybridized carbons (Fsp3) is 0.286. The number of hydrogen-bond acceptors (Lipinski definition) is 4. The zero-order valence-electron chi connectivity index (χ0n) is 11.1. The average molecular weight is 387 g/mol. The van der Waals surface area contributed by atoms with E-state index in [9.17, 15) is 9.59 Å². The minimum absolute atomic E-state index is 0.324. The molecule has 0 saturated carbocycles. The molecule has 1 N–H and O–H groups in total. The Morgan fingerprint density at radius 2 is 2.20 bits per heavy atom. The van der Waals surface area contributed by atoms with Gasteiger partial charge in [-0.3, -0.25) is 13.1 Å². The van der Waals surface area contributed by atoms with Gasteiger partial charge in [0.2, 0.25) is 6.10 Å². The molecule has 1 aromatic heterocycles. The molecule has 0 fully saturated rings. The van der Waals surface area contributed by atoms with Crippen LogP contribution in [0.2, 0.25) is 0 Å². The fourth-order valence-corrected chi connectivity index (χ4v) is 2.29. The Morgan fingerprint density at radius 1 is 1.45 bits per heavy atom. The van der Waals surface area contributed by atoms with Crippen molar-refractivity contribution >= 4 is 45.7 Å². The molecule has 0 spiro atoms. The zero-order valence-corrected chi connectivity index (χ0v) is 13.3. The predicted molar refractivity (Wildman–Crippen MR) is 82.3 cm³/mol. The van der Waals surface area contributed by atoms with Gasteiger partial charge in [-0.25, -0.2) is 0 Å². The summed E-state index contributed by atoms with van der Waals surface area (Å²) in [5, 5.41) is 0.887. The molecule has 0 aliphatic carbocycles. The van der Waals surface area contributed by atoms with E-state index in [2.05, 4.69) is 3.53 Å².